The quantitative estimate of drug-likeness (QED) is 0.681. The Hall–Kier alpha value is -1.14. The number of nitro benzene ring substituents is 1. The predicted octanol–water partition coefficient (Wildman–Crippen LogP) is 3.11. The summed E-state index contributed by atoms with van der Waals surface area (Å²) in [6.07, 6.45) is 2.38. The molecular weight excluding hydrogens is 310 g/mol. The Balaban J connectivity index is 2.01. The minimum absolute atomic E-state index is 0.124. The molecule has 1 unspecified atom stereocenters. The summed E-state index contributed by atoms with van der Waals surface area (Å²) in [5.41, 5.74) is 0.722. The Morgan fingerprint density at radius 2 is 2.37 bits per heavy atom. The van der Waals surface area contributed by atoms with Gasteiger partial charge in [-0.3, -0.25) is 10.1 Å². The zero-order chi connectivity index (χ0) is 13.8. The summed E-state index contributed by atoms with van der Waals surface area (Å²) in [6.45, 7) is 2.99. The molecule has 104 valence electrons. The van der Waals surface area contributed by atoms with Crippen molar-refractivity contribution in [3.63, 3.8) is 0 Å². The molecule has 1 fully saturated rings. The van der Waals surface area contributed by atoms with Gasteiger partial charge in [0.05, 0.1) is 4.92 Å². The summed E-state index contributed by atoms with van der Waals surface area (Å²) >= 11 is 3.26. The van der Waals surface area contributed by atoms with Crippen molar-refractivity contribution in [2.75, 3.05) is 32.0 Å². The molecule has 5 nitrogen and oxygen atoms in total. The van der Waals surface area contributed by atoms with Gasteiger partial charge in [-0.05, 0) is 44.5 Å². The highest BCUT2D eigenvalue weighted by Gasteiger charge is 2.19. The third-order valence-electron chi connectivity index (χ3n) is 3.46. The van der Waals surface area contributed by atoms with Crippen LogP contribution < -0.4 is 5.32 Å². The van der Waals surface area contributed by atoms with Crippen LogP contribution in [0.4, 0.5) is 11.4 Å². The van der Waals surface area contributed by atoms with Gasteiger partial charge >= 0.3 is 0 Å². The molecular formula is C13H18BrN3O2. The standard InChI is InChI=1S/C13H18BrN3O2/c1-16-6-2-3-10(9-16)8-15-12-5-4-11(14)7-13(12)17(18)19/h4-5,7,10,15H,2-3,6,8-9H2,1H3. The number of nitrogens with zero attached hydrogens (tertiary/aromatic N) is 2. The van der Waals surface area contributed by atoms with E-state index in [0.717, 1.165) is 24.1 Å². The Morgan fingerprint density at radius 1 is 1.58 bits per heavy atom. The third-order valence-corrected chi connectivity index (χ3v) is 3.95. The fraction of sp³-hybridized carbons (Fsp3) is 0.538. The fourth-order valence-corrected chi connectivity index (χ4v) is 2.85. The van der Waals surface area contributed by atoms with Crippen molar-refractivity contribution in [3.8, 4) is 0 Å². The second-order valence-electron chi connectivity index (χ2n) is 5.07. The molecule has 1 saturated heterocycles. The first-order valence-electron chi connectivity index (χ1n) is 6.42. The van der Waals surface area contributed by atoms with Crippen LogP contribution in [-0.2, 0) is 0 Å². The van der Waals surface area contributed by atoms with Crippen molar-refractivity contribution >= 4 is 27.3 Å². The molecule has 1 N–H and O–H groups in total. The van der Waals surface area contributed by atoms with E-state index in [1.54, 1.807) is 6.07 Å². The summed E-state index contributed by atoms with van der Waals surface area (Å²) < 4.78 is 0.724. The average Bonchev–Trinajstić information content (AvgIpc) is 2.37. The monoisotopic (exact) mass is 327 g/mol. The molecule has 1 aliphatic rings. The highest BCUT2D eigenvalue weighted by atomic mass is 79.9. The lowest BCUT2D eigenvalue weighted by Crippen LogP contribution is -2.35. The summed E-state index contributed by atoms with van der Waals surface area (Å²) in [7, 11) is 2.12. The van der Waals surface area contributed by atoms with E-state index in [2.05, 4.69) is 33.2 Å². The number of piperidine rings is 1. The number of benzene rings is 1. The van der Waals surface area contributed by atoms with Crippen LogP contribution in [0.1, 0.15) is 12.8 Å². The Morgan fingerprint density at radius 3 is 3.05 bits per heavy atom. The summed E-state index contributed by atoms with van der Waals surface area (Å²) in [4.78, 5) is 13.0. The van der Waals surface area contributed by atoms with Crippen molar-refractivity contribution in [2.24, 2.45) is 5.92 Å². The van der Waals surface area contributed by atoms with Gasteiger partial charge in [-0.25, -0.2) is 0 Å². The van der Waals surface area contributed by atoms with E-state index in [-0.39, 0.29) is 10.6 Å². The van der Waals surface area contributed by atoms with Crippen LogP contribution in [0.2, 0.25) is 0 Å². The Kier molecular flexibility index (Phi) is 4.76. The lowest BCUT2D eigenvalue weighted by atomic mass is 9.98. The molecule has 0 saturated carbocycles. The van der Waals surface area contributed by atoms with Crippen molar-refractivity contribution in [1.29, 1.82) is 0 Å². The summed E-state index contributed by atoms with van der Waals surface area (Å²) in [5, 5.41) is 14.2. The number of nitrogens with one attached hydrogen (secondary N) is 1. The van der Waals surface area contributed by atoms with Crippen LogP contribution in [0.5, 0.6) is 0 Å². The lowest BCUT2D eigenvalue weighted by Gasteiger charge is -2.29. The van der Waals surface area contributed by atoms with Crippen LogP contribution in [0.15, 0.2) is 22.7 Å². The maximum atomic E-state index is 11.0. The molecule has 1 aliphatic heterocycles. The van der Waals surface area contributed by atoms with Crippen molar-refractivity contribution in [3.05, 3.63) is 32.8 Å². The average molecular weight is 328 g/mol. The number of nitro groups is 1. The van der Waals surface area contributed by atoms with Gasteiger partial charge < -0.3 is 10.2 Å². The van der Waals surface area contributed by atoms with Crippen LogP contribution in [0.25, 0.3) is 0 Å². The van der Waals surface area contributed by atoms with E-state index in [1.165, 1.54) is 18.9 Å². The molecule has 0 radical (unpaired) electrons. The number of anilines is 1. The molecule has 0 aromatic heterocycles. The van der Waals surface area contributed by atoms with E-state index < -0.39 is 0 Å². The molecule has 1 heterocycles. The number of rotatable bonds is 4. The molecule has 1 aromatic rings. The van der Waals surface area contributed by atoms with Crippen LogP contribution in [0.3, 0.4) is 0 Å². The lowest BCUT2D eigenvalue weighted by molar-refractivity contribution is -0.384. The molecule has 1 atom stereocenters. The molecule has 0 amide bonds. The minimum atomic E-state index is -0.347. The zero-order valence-corrected chi connectivity index (χ0v) is 12.5. The zero-order valence-electron chi connectivity index (χ0n) is 10.9. The van der Waals surface area contributed by atoms with E-state index >= 15 is 0 Å². The van der Waals surface area contributed by atoms with Gasteiger partial charge in [-0.1, -0.05) is 15.9 Å². The molecule has 19 heavy (non-hydrogen) atoms. The first-order valence-corrected chi connectivity index (χ1v) is 7.22. The molecule has 6 heteroatoms. The van der Waals surface area contributed by atoms with Gasteiger partial charge in [-0.2, -0.15) is 0 Å². The number of hydrogen-bond acceptors (Lipinski definition) is 4. The first-order chi connectivity index (χ1) is 9.06. The number of halogens is 1. The van der Waals surface area contributed by atoms with E-state index in [9.17, 15) is 10.1 Å². The minimum Gasteiger partial charge on any atom is -0.379 e. The highest BCUT2D eigenvalue weighted by Crippen LogP contribution is 2.28. The van der Waals surface area contributed by atoms with Crippen molar-refractivity contribution in [2.45, 2.75) is 12.8 Å². The second-order valence-corrected chi connectivity index (χ2v) is 5.99. The maximum Gasteiger partial charge on any atom is 0.293 e. The molecule has 0 aliphatic carbocycles. The molecule has 1 aromatic carbocycles. The van der Waals surface area contributed by atoms with Gasteiger partial charge in [0.1, 0.15) is 5.69 Å². The normalized spacial score (nSPS) is 20.2. The highest BCUT2D eigenvalue weighted by molar-refractivity contribution is 9.10. The van der Waals surface area contributed by atoms with Crippen LogP contribution in [0, 0.1) is 16.0 Å². The Labute approximate surface area is 121 Å². The topological polar surface area (TPSA) is 58.4 Å². The van der Waals surface area contributed by atoms with Gasteiger partial charge in [0.25, 0.3) is 5.69 Å². The summed E-state index contributed by atoms with van der Waals surface area (Å²) in [6, 6.07) is 5.12. The summed E-state index contributed by atoms with van der Waals surface area (Å²) in [5.74, 6) is 0.557. The molecule has 0 spiro atoms. The second kappa shape index (κ2) is 6.34. The third kappa shape index (κ3) is 3.91. The number of hydrogen-bond donors (Lipinski definition) is 1. The first kappa shape index (κ1) is 14.3. The van der Waals surface area contributed by atoms with Crippen LogP contribution >= 0.6 is 15.9 Å². The SMILES string of the molecule is CN1CCCC(CNc2ccc(Br)cc2[N+](=O)[O-])C1. The van der Waals surface area contributed by atoms with Crippen molar-refractivity contribution in [1.82, 2.24) is 4.90 Å². The van der Waals surface area contributed by atoms with Crippen LogP contribution in [-0.4, -0.2) is 36.5 Å². The molecule has 2 rings (SSSR count). The van der Waals surface area contributed by atoms with E-state index in [1.807, 2.05) is 6.07 Å². The van der Waals surface area contributed by atoms with Gasteiger partial charge in [0, 0.05) is 23.6 Å². The largest absolute Gasteiger partial charge is 0.379 e. The maximum absolute atomic E-state index is 11.0. The number of likely N-dealkylation sites (tertiary alicyclic amines) is 1. The van der Waals surface area contributed by atoms with Gasteiger partial charge in [0.15, 0.2) is 0 Å². The van der Waals surface area contributed by atoms with Gasteiger partial charge in [0.2, 0.25) is 0 Å². The van der Waals surface area contributed by atoms with E-state index in [4.69, 9.17) is 0 Å². The van der Waals surface area contributed by atoms with E-state index in [0.29, 0.717) is 11.6 Å². The predicted molar refractivity (Wildman–Crippen MR) is 79.5 cm³/mol. The molecule has 0 bridgehead atoms. The van der Waals surface area contributed by atoms with Gasteiger partial charge in [-0.15, -0.1) is 0 Å². The smallest absolute Gasteiger partial charge is 0.293 e. The fourth-order valence-electron chi connectivity index (χ4n) is 2.50. The Bertz CT molecular complexity index is 467. The van der Waals surface area contributed by atoms with Crippen molar-refractivity contribution < 1.29 is 4.92 Å².